The second kappa shape index (κ2) is 13.9. The minimum absolute atomic E-state index is 0.0239. The summed E-state index contributed by atoms with van der Waals surface area (Å²) >= 11 is 0. The number of ether oxygens (including phenoxy) is 1. The maximum atomic E-state index is 13.5. The number of hydrogen-bond acceptors (Lipinski definition) is 10. The van der Waals surface area contributed by atoms with Gasteiger partial charge in [0.2, 0.25) is 12.0 Å². The van der Waals surface area contributed by atoms with Crippen molar-refractivity contribution in [2.24, 2.45) is 5.28 Å². The molecule has 19 heteroatoms. The number of benzene rings is 3. The van der Waals surface area contributed by atoms with Gasteiger partial charge >= 0.3 is 12.3 Å². The third-order valence-corrected chi connectivity index (χ3v) is 8.84. The molecule has 5 rings (SSSR count). The molecule has 0 bridgehead atoms. The molecule has 0 spiro atoms. The Hall–Kier alpha value is -5.98. The van der Waals surface area contributed by atoms with E-state index in [-0.39, 0.29) is 27.5 Å². The van der Waals surface area contributed by atoms with Crippen molar-refractivity contribution in [3.63, 3.8) is 0 Å². The number of hydrogen-bond donors (Lipinski definition) is 1. The first-order valence-electron chi connectivity index (χ1n) is 14.6. The van der Waals surface area contributed by atoms with Gasteiger partial charge in [-0.2, -0.15) is 18.3 Å². The van der Waals surface area contributed by atoms with Gasteiger partial charge < -0.3 is 14.8 Å². The van der Waals surface area contributed by atoms with Crippen LogP contribution in [-0.4, -0.2) is 77.4 Å². The number of carbonyl (C=O) groups excluding carboxylic acids is 3. The lowest BCUT2D eigenvalue weighted by atomic mass is 10.1. The first-order valence-corrected chi connectivity index (χ1v) is 16.1. The molecule has 0 saturated heterocycles. The number of aryl methyl sites for hydroxylation is 1. The highest BCUT2D eigenvalue weighted by atomic mass is 32.2. The fourth-order valence-electron chi connectivity index (χ4n) is 4.63. The van der Waals surface area contributed by atoms with Crippen molar-refractivity contribution in [3.05, 3.63) is 106 Å². The van der Waals surface area contributed by atoms with Crippen LogP contribution in [0.15, 0.2) is 89.0 Å². The van der Waals surface area contributed by atoms with Gasteiger partial charge in [-0.3, -0.25) is 9.59 Å². The van der Waals surface area contributed by atoms with Gasteiger partial charge in [0.05, 0.1) is 39.4 Å². The zero-order valence-corrected chi connectivity index (χ0v) is 27.3. The zero-order chi connectivity index (χ0) is 36.4. The van der Waals surface area contributed by atoms with E-state index in [2.05, 4.69) is 10.4 Å². The van der Waals surface area contributed by atoms with E-state index < -0.39 is 64.1 Å². The summed E-state index contributed by atoms with van der Waals surface area (Å²) in [5, 5.41) is 20.2. The smallest absolute Gasteiger partial charge is 0.435 e. The van der Waals surface area contributed by atoms with E-state index in [1.165, 1.54) is 38.2 Å². The first-order chi connectivity index (χ1) is 23.6. The third kappa shape index (κ3) is 7.51. The molecule has 0 radical (unpaired) electrons. The second-order valence-corrected chi connectivity index (χ2v) is 12.7. The average Bonchev–Trinajstić information content (AvgIpc) is 3.64. The Morgan fingerprint density at radius 2 is 1.64 bits per heavy atom. The van der Waals surface area contributed by atoms with Gasteiger partial charge in [0, 0.05) is 5.56 Å². The molecule has 1 aliphatic rings. The van der Waals surface area contributed by atoms with Gasteiger partial charge in [0.1, 0.15) is 12.6 Å². The van der Waals surface area contributed by atoms with Crippen molar-refractivity contribution >= 4 is 27.9 Å². The Bertz CT molecular complexity index is 2030. The number of nitrogens with zero attached hydrogens (tertiary/aromatic N) is 6. The quantitative estimate of drug-likeness (QED) is 0.0994. The van der Waals surface area contributed by atoms with Gasteiger partial charge in [0.15, 0.2) is 5.69 Å². The van der Waals surface area contributed by atoms with E-state index in [0.717, 1.165) is 38.4 Å². The van der Waals surface area contributed by atoms with Gasteiger partial charge in [-0.25, -0.2) is 27.5 Å². The number of halogens is 3. The van der Waals surface area contributed by atoms with Crippen LogP contribution >= 0.6 is 0 Å². The standard InChI is InChI=1S/C31H28F3N7O8S/c1-19-8-10-21(11-9-19)26-16-27(31(32,33)34)35-40(26)22-12-14-23(15-13-22)50(46,47)36-30(44)48-17-20(2)38(3)41(45)37-49-18-39-28(42)24-6-4-5-7-25(24)29(39)43/h4-16,20H,17-18H2,1-3H3,(H,36,44)/b41-37+/t20-/m0/s1. The molecule has 2 heterocycles. The van der Waals surface area contributed by atoms with E-state index in [4.69, 9.17) is 9.57 Å². The van der Waals surface area contributed by atoms with Crippen molar-refractivity contribution in [1.82, 2.24) is 24.4 Å². The van der Waals surface area contributed by atoms with Crippen LogP contribution < -0.4 is 4.72 Å². The molecule has 50 heavy (non-hydrogen) atoms. The van der Waals surface area contributed by atoms with Crippen LogP contribution in [0.5, 0.6) is 0 Å². The van der Waals surface area contributed by atoms with E-state index in [9.17, 15) is 41.2 Å². The van der Waals surface area contributed by atoms with Gasteiger partial charge in [0.25, 0.3) is 21.8 Å². The zero-order valence-electron chi connectivity index (χ0n) is 26.5. The molecular formula is C31H28F3N7O8S. The summed E-state index contributed by atoms with van der Waals surface area (Å²) in [6.07, 6.45) is -6.11. The number of carbonyl (C=O) groups is 3. The van der Waals surface area contributed by atoms with Crippen molar-refractivity contribution in [3.8, 4) is 16.9 Å². The number of fused-ring (bicyclic) bond motifs is 1. The summed E-state index contributed by atoms with van der Waals surface area (Å²) in [6.45, 7) is 2.13. The molecule has 3 aromatic carbocycles. The van der Waals surface area contributed by atoms with Crippen LogP contribution in [0.3, 0.4) is 0 Å². The van der Waals surface area contributed by atoms with Crippen molar-refractivity contribution in [2.45, 2.75) is 31.0 Å². The SMILES string of the molecule is Cc1ccc(-c2cc(C(F)(F)F)nn2-c2ccc(S(=O)(=O)NC(=O)OC[C@H](C)N(C)/[N+]([O-])=N\OCN3C(=O)c4ccccc4C3=O)cc2)cc1. The van der Waals surface area contributed by atoms with Gasteiger partial charge in [-0.15, -0.1) is 5.01 Å². The lowest BCUT2D eigenvalue weighted by molar-refractivity contribution is -0.712. The molecule has 0 saturated carbocycles. The fourth-order valence-corrected chi connectivity index (χ4v) is 5.52. The Morgan fingerprint density at radius 1 is 1.04 bits per heavy atom. The largest absolute Gasteiger partial charge is 0.569 e. The van der Waals surface area contributed by atoms with Crippen molar-refractivity contribution < 1.29 is 50.5 Å². The summed E-state index contributed by atoms with van der Waals surface area (Å²) in [5.41, 5.74) is 0.807. The number of hydrazine groups is 1. The van der Waals surface area contributed by atoms with Crippen molar-refractivity contribution in [2.75, 3.05) is 20.4 Å². The normalized spacial score (nSPS) is 14.0. The van der Waals surface area contributed by atoms with E-state index in [0.29, 0.717) is 5.56 Å². The van der Waals surface area contributed by atoms with Crippen molar-refractivity contribution in [1.29, 1.82) is 0 Å². The lowest BCUT2D eigenvalue weighted by Gasteiger charge is -2.20. The molecule has 0 fully saturated rings. The topological polar surface area (TPSA) is 179 Å². The monoisotopic (exact) mass is 715 g/mol. The molecule has 3 amide bonds. The summed E-state index contributed by atoms with van der Waals surface area (Å²) < 4.78 is 73.9. The second-order valence-electron chi connectivity index (χ2n) is 11.0. The summed E-state index contributed by atoms with van der Waals surface area (Å²) in [6, 6.07) is 17.5. The summed E-state index contributed by atoms with van der Waals surface area (Å²) in [5.74, 6) is -1.23. The van der Waals surface area contributed by atoms with Crippen LogP contribution in [-0.2, 0) is 25.8 Å². The number of alkyl halides is 3. The number of sulfonamides is 1. The minimum Gasteiger partial charge on any atom is -0.569 e. The molecule has 1 aliphatic heterocycles. The van der Waals surface area contributed by atoms with Crippen LogP contribution in [0.4, 0.5) is 18.0 Å². The molecule has 4 aromatic rings. The number of likely N-dealkylation sites (N-methyl/N-ethyl adjacent to an activating group) is 1. The Balaban J connectivity index is 1.17. The Labute approximate surface area is 282 Å². The van der Waals surface area contributed by atoms with E-state index >= 15 is 0 Å². The highest BCUT2D eigenvalue weighted by Gasteiger charge is 2.37. The molecule has 0 aliphatic carbocycles. The molecule has 1 atom stereocenters. The van der Waals surface area contributed by atoms with Crippen LogP contribution in [0.1, 0.15) is 38.9 Å². The molecule has 262 valence electrons. The highest BCUT2D eigenvalue weighted by molar-refractivity contribution is 7.90. The lowest BCUT2D eigenvalue weighted by Crippen LogP contribution is -2.40. The van der Waals surface area contributed by atoms with E-state index in [1.807, 2.05) is 6.92 Å². The molecule has 1 N–H and O–H groups in total. The predicted molar refractivity (Wildman–Crippen MR) is 167 cm³/mol. The molecular weight excluding hydrogens is 687 g/mol. The number of rotatable bonds is 11. The molecule has 0 unspecified atom stereocenters. The number of aromatic nitrogens is 2. The molecule has 1 aromatic heterocycles. The minimum atomic E-state index is -4.73. The van der Waals surface area contributed by atoms with Crippen LogP contribution in [0.2, 0.25) is 0 Å². The number of amides is 3. The Morgan fingerprint density at radius 3 is 2.22 bits per heavy atom. The summed E-state index contributed by atoms with van der Waals surface area (Å²) in [4.78, 5) is 42.3. The van der Waals surface area contributed by atoms with Gasteiger partial charge in [-0.05, 0) is 56.3 Å². The average molecular weight is 716 g/mol. The van der Waals surface area contributed by atoms with E-state index in [1.54, 1.807) is 41.1 Å². The Kier molecular flexibility index (Phi) is 9.80. The maximum Gasteiger partial charge on any atom is 0.435 e. The van der Waals surface area contributed by atoms with Crippen LogP contribution in [0.25, 0.3) is 16.9 Å². The van der Waals surface area contributed by atoms with Gasteiger partial charge in [-0.1, -0.05) is 42.0 Å². The first kappa shape index (κ1) is 35.3. The number of nitrogens with one attached hydrogen (secondary N) is 1. The summed E-state index contributed by atoms with van der Waals surface area (Å²) in [7, 11) is -3.24. The fraction of sp³-hybridized carbons (Fsp3) is 0.226. The van der Waals surface area contributed by atoms with Crippen LogP contribution in [0, 0.1) is 12.1 Å². The third-order valence-electron chi connectivity index (χ3n) is 7.51. The predicted octanol–water partition coefficient (Wildman–Crippen LogP) is 4.66. The maximum absolute atomic E-state index is 13.5. The highest BCUT2D eigenvalue weighted by Crippen LogP contribution is 2.33. The molecule has 15 nitrogen and oxygen atoms in total. The number of imide groups is 1.